The van der Waals surface area contributed by atoms with Gasteiger partial charge in [-0.15, -0.1) is 0 Å². The van der Waals surface area contributed by atoms with E-state index in [0.717, 1.165) is 18.4 Å². The van der Waals surface area contributed by atoms with E-state index in [2.05, 4.69) is 15.5 Å². The van der Waals surface area contributed by atoms with Gasteiger partial charge in [-0.1, -0.05) is 31.1 Å². The monoisotopic (exact) mass is 382 g/mol. The molecule has 1 saturated carbocycles. The molecule has 4 N–H and O–H groups in total. The zero-order chi connectivity index (χ0) is 19.7. The van der Waals surface area contributed by atoms with Crippen LogP contribution in [0, 0.1) is 11.6 Å². The molecule has 1 aromatic heterocycles. The number of anilines is 1. The Morgan fingerprint density at radius 1 is 1.14 bits per heavy atom. The molecule has 2 aromatic carbocycles. The minimum Gasteiger partial charge on any atom is -0.322 e. The van der Waals surface area contributed by atoms with Crippen molar-refractivity contribution < 1.29 is 13.6 Å². The van der Waals surface area contributed by atoms with Crippen LogP contribution in [0.2, 0.25) is 0 Å². The van der Waals surface area contributed by atoms with Crippen LogP contribution >= 0.6 is 0 Å². The van der Waals surface area contributed by atoms with E-state index in [1.54, 1.807) is 30.4 Å². The summed E-state index contributed by atoms with van der Waals surface area (Å²) in [6.45, 7) is 0. The van der Waals surface area contributed by atoms with Gasteiger partial charge in [0, 0.05) is 11.5 Å². The van der Waals surface area contributed by atoms with E-state index in [4.69, 9.17) is 5.73 Å². The van der Waals surface area contributed by atoms with Crippen LogP contribution in [0.1, 0.15) is 36.9 Å². The van der Waals surface area contributed by atoms with Crippen molar-refractivity contribution in [2.24, 2.45) is 5.73 Å². The largest absolute Gasteiger partial charge is 0.322 e. The summed E-state index contributed by atoms with van der Waals surface area (Å²) in [5.74, 6) is -1.23. The summed E-state index contributed by atoms with van der Waals surface area (Å²) in [5.41, 5.74) is 7.19. The Balaban J connectivity index is 1.62. The lowest BCUT2D eigenvalue weighted by Gasteiger charge is -2.22. The number of benzene rings is 2. The number of hydrogen-bond acceptors (Lipinski definition) is 3. The van der Waals surface area contributed by atoms with Gasteiger partial charge in [0.25, 0.3) is 0 Å². The molecule has 28 heavy (non-hydrogen) atoms. The first-order valence-corrected chi connectivity index (χ1v) is 9.16. The Morgan fingerprint density at radius 2 is 1.86 bits per heavy atom. The predicted octanol–water partition coefficient (Wildman–Crippen LogP) is 4.22. The number of carbonyl (C=O) groups excluding carboxylic acids is 1. The first-order chi connectivity index (χ1) is 13.4. The smallest absolute Gasteiger partial charge is 0.244 e. The summed E-state index contributed by atoms with van der Waals surface area (Å²) in [7, 11) is 0. The Kier molecular flexibility index (Phi) is 4.68. The van der Waals surface area contributed by atoms with Crippen molar-refractivity contribution in [1.82, 2.24) is 10.2 Å². The van der Waals surface area contributed by atoms with Crippen molar-refractivity contribution >= 4 is 34.6 Å². The molecule has 0 atom stereocenters. The quantitative estimate of drug-likeness (QED) is 0.632. The lowest BCUT2D eigenvalue weighted by molar-refractivity contribution is -0.121. The molecule has 1 amide bonds. The average Bonchev–Trinajstić information content (AvgIpc) is 3.29. The lowest BCUT2D eigenvalue weighted by atomic mass is 9.98. The molecule has 0 saturated heterocycles. The van der Waals surface area contributed by atoms with Crippen LogP contribution in [0.5, 0.6) is 0 Å². The maximum absolute atomic E-state index is 14.4. The number of halogens is 2. The van der Waals surface area contributed by atoms with Crippen LogP contribution in [-0.2, 0) is 4.79 Å². The van der Waals surface area contributed by atoms with Gasteiger partial charge in [-0.05, 0) is 42.7 Å². The molecule has 1 aliphatic rings. The Hall–Kier alpha value is -3.06. The second kappa shape index (κ2) is 7.16. The van der Waals surface area contributed by atoms with Crippen LogP contribution in [-0.4, -0.2) is 21.6 Å². The molecule has 3 aromatic rings. The van der Waals surface area contributed by atoms with Crippen molar-refractivity contribution in [2.45, 2.75) is 31.2 Å². The number of nitrogens with two attached hydrogens (primary N) is 1. The number of nitrogens with one attached hydrogen (secondary N) is 2. The van der Waals surface area contributed by atoms with Crippen molar-refractivity contribution in [3.05, 3.63) is 59.3 Å². The Labute approximate surface area is 160 Å². The maximum atomic E-state index is 14.4. The summed E-state index contributed by atoms with van der Waals surface area (Å²) >= 11 is 0. The second-order valence-electron chi connectivity index (χ2n) is 7.19. The van der Waals surface area contributed by atoms with Crippen LogP contribution in [0.15, 0.2) is 36.4 Å². The van der Waals surface area contributed by atoms with Gasteiger partial charge >= 0.3 is 0 Å². The maximum Gasteiger partial charge on any atom is 0.244 e. The lowest BCUT2D eigenvalue weighted by Crippen LogP contribution is -2.48. The first-order valence-electron chi connectivity index (χ1n) is 9.16. The van der Waals surface area contributed by atoms with Crippen LogP contribution in [0.25, 0.3) is 23.1 Å². The predicted molar refractivity (Wildman–Crippen MR) is 105 cm³/mol. The second-order valence-corrected chi connectivity index (χ2v) is 7.19. The van der Waals surface area contributed by atoms with Gasteiger partial charge in [0.2, 0.25) is 5.91 Å². The fraction of sp³-hybridized carbons (Fsp3) is 0.238. The van der Waals surface area contributed by atoms with Crippen LogP contribution in [0.4, 0.5) is 14.5 Å². The Morgan fingerprint density at radius 3 is 2.57 bits per heavy atom. The highest BCUT2D eigenvalue weighted by Crippen LogP contribution is 2.30. The van der Waals surface area contributed by atoms with Crippen LogP contribution in [0.3, 0.4) is 0 Å². The molecule has 1 fully saturated rings. The number of amides is 1. The fourth-order valence-electron chi connectivity index (χ4n) is 3.51. The Bertz CT molecular complexity index is 1050. The molecule has 4 rings (SSSR count). The summed E-state index contributed by atoms with van der Waals surface area (Å²) in [6.07, 6.45) is 6.51. The normalized spacial score (nSPS) is 16.1. The molecule has 0 aliphatic heterocycles. The molecule has 0 spiro atoms. The zero-order valence-electron chi connectivity index (χ0n) is 15.1. The van der Waals surface area contributed by atoms with Crippen molar-refractivity contribution in [2.75, 3.05) is 5.32 Å². The highest BCUT2D eigenvalue weighted by Gasteiger charge is 2.37. The minimum atomic E-state index is -0.941. The van der Waals surface area contributed by atoms with E-state index in [0.29, 0.717) is 29.4 Å². The molecule has 1 heterocycles. The summed E-state index contributed by atoms with van der Waals surface area (Å²) in [4.78, 5) is 12.5. The first kappa shape index (κ1) is 18.3. The fourth-order valence-corrected chi connectivity index (χ4v) is 3.51. The zero-order valence-corrected chi connectivity index (χ0v) is 15.1. The summed E-state index contributed by atoms with van der Waals surface area (Å²) in [5, 5.41) is 10.3. The molecule has 7 heteroatoms. The van der Waals surface area contributed by atoms with Crippen LogP contribution < -0.4 is 11.1 Å². The standard InChI is InChI=1S/C21H20F2N4O/c22-14-6-3-13(4-7-14)5-8-17-15-11-19(16(23)12-18(15)27-26-17)25-20(28)21(24)9-1-2-10-21/h3-8,11-12H,1-2,9-10,24H2,(H,25,28)(H,26,27)/b8-5+. The third-order valence-electron chi connectivity index (χ3n) is 5.18. The van der Waals surface area contributed by atoms with Gasteiger partial charge in [-0.3, -0.25) is 9.89 Å². The van der Waals surface area contributed by atoms with E-state index in [-0.39, 0.29) is 17.4 Å². The highest BCUT2D eigenvalue weighted by atomic mass is 19.1. The number of carbonyl (C=O) groups is 1. The molecule has 0 radical (unpaired) electrons. The van der Waals surface area contributed by atoms with Gasteiger partial charge in [0.05, 0.1) is 22.4 Å². The molecule has 0 unspecified atom stereocenters. The number of H-pyrrole nitrogens is 1. The number of fused-ring (bicyclic) bond motifs is 1. The topological polar surface area (TPSA) is 83.8 Å². The SMILES string of the molecule is NC1(C(=O)Nc2cc3c(/C=C/c4ccc(F)cc4)n[nH]c3cc2F)CCCC1. The summed E-state index contributed by atoms with van der Waals surface area (Å²) in [6, 6.07) is 8.89. The number of aromatic nitrogens is 2. The molecular formula is C21H20F2N4O. The third-order valence-corrected chi connectivity index (χ3v) is 5.18. The number of nitrogens with zero attached hydrogens (tertiary/aromatic N) is 1. The van der Waals surface area contributed by atoms with Gasteiger partial charge < -0.3 is 11.1 Å². The van der Waals surface area contributed by atoms with Crippen molar-refractivity contribution in [1.29, 1.82) is 0 Å². The highest BCUT2D eigenvalue weighted by molar-refractivity contribution is 6.00. The van der Waals surface area contributed by atoms with E-state index >= 15 is 0 Å². The van der Waals surface area contributed by atoms with E-state index in [1.807, 2.05) is 0 Å². The number of rotatable bonds is 4. The summed E-state index contributed by atoms with van der Waals surface area (Å²) < 4.78 is 27.4. The van der Waals surface area contributed by atoms with E-state index in [1.165, 1.54) is 18.2 Å². The molecular weight excluding hydrogens is 362 g/mol. The van der Waals surface area contributed by atoms with E-state index in [9.17, 15) is 13.6 Å². The molecule has 144 valence electrons. The number of aromatic amines is 1. The molecule has 0 bridgehead atoms. The number of hydrogen-bond donors (Lipinski definition) is 3. The van der Waals surface area contributed by atoms with Gasteiger partial charge in [-0.25, -0.2) is 8.78 Å². The van der Waals surface area contributed by atoms with Gasteiger partial charge in [0.1, 0.15) is 11.6 Å². The van der Waals surface area contributed by atoms with Crippen molar-refractivity contribution in [3.8, 4) is 0 Å². The van der Waals surface area contributed by atoms with Crippen molar-refractivity contribution in [3.63, 3.8) is 0 Å². The third kappa shape index (κ3) is 3.53. The van der Waals surface area contributed by atoms with E-state index < -0.39 is 11.4 Å². The average molecular weight is 382 g/mol. The molecule has 1 aliphatic carbocycles. The minimum absolute atomic E-state index is 0.0760. The van der Waals surface area contributed by atoms with Gasteiger partial charge in [0.15, 0.2) is 0 Å². The molecule has 5 nitrogen and oxygen atoms in total. The van der Waals surface area contributed by atoms with Gasteiger partial charge in [-0.2, -0.15) is 5.10 Å².